The molecule has 2 rings (SSSR count). The lowest BCUT2D eigenvalue weighted by atomic mass is 10.1. The summed E-state index contributed by atoms with van der Waals surface area (Å²) in [6.45, 7) is 0. The highest BCUT2D eigenvalue weighted by Crippen LogP contribution is 2.36. The molecule has 4 nitrogen and oxygen atoms in total. The van der Waals surface area contributed by atoms with Crippen LogP contribution in [0.15, 0.2) is 22.1 Å². The molecule has 0 fully saturated rings. The standard InChI is InChI=1S/C12H9BrClNO3S/c1-17-8-4-3-6(5-7(8)14)10-9(11(16)18-2)15-12(13)19-10/h3-5H,1-2H3. The van der Waals surface area contributed by atoms with Gasteiger partial charge in [0.25, 0.3) is 0 Å². The fourth-order valence-corrected chi connectivity index (χ4v) is 3.23. The van der Waals surface area contributed by atoms with Crippen molar-refractivity contribution >= 4 is 44.8 Å². The predicted molar refractivity (Wildman–Crippen MR) is 78.2 cm³/mol. The third-order valence-electron chi connectivity index (χ3n) is 2.39. The second-order valence-corrected chi connectivity index (χ2v) is 6.17. The average Bonchev–Trinajstić information content (AvgIpc) is 2.79. The summed E-state index contributed by atoms with van der Waals surface area (Å²) in [6.07, 6.45) is 0. The number of methoxy groups -OCH3 is 2. The van der Waals surface area contributed by atoms with Crippen LogP contribution >= 0.6 is 38.9 Å². The number of nitrogens with zero attached hydrogens (tertiary/aromatic N) is 1. The van der Waals surface area contributed by atoms with E-state index in [0.717, 1.165) is 5.56 Å². The van der Waals surface area contributed by atoms with Crippen LogP contribution < -0.4 is 4.74 Å². The van der Waals surface area contributed by atoms with Crippen LogP contribution in [0.5, 0.6) is 5.75 Å². The zero-order chi connectivity index (χ0) is 14.0. The number of rotatable bonds is 3. The molecule has 0 aliphatic heterocycles. The number of hydrogen-bond acceptors (Lipinski definition) is 5. The van der Waals surface area contributed by atoms with Crippen LogP contribution in [0.2, 0.25) is 5.02 Å². The van der Waals surface area contributed by atoms with Gasteiger partial charge in [-0.1, -0.05) is 11.6 Å². The third-order valence-corrected chi connectivity index (χ3v) is 4.24. The maximum atomic E-state index is 11.7. The fourth-order valence-electron chi connectivity index (χ4n) is 1.53. The van der Waals surface area contributed by atoms with Crippen molar-refractivity contribution in [1.82, 2.24) is 4.98 Å². The van der Waals surface area contributed by atoms with Gasteiger partial charge in [0, 0.05) is 0 Å². The van der Waals surface area contributed by atoms with Crippen molar-refractivity contribution in [1.29, 1.82) is 0 Å². The lowest BCUT2D eigenvalue weighted by Crippen LogP contribution is -2.03. The van der Waals surface area contributed by atoms with Crippen LogP contribution in [0, 0.1) is 0 Å². The minimum Gasteiger partial charge on any atom is -0.495 e. The molecule has 0 N–H and O–H groups in total. The van der Waals surface area contributed by atoms with Gasteiger partial charge in [-0.15, -0.1) is 11.3 Å². The van der Waals surface area contributed by atoms with Crippen LogP contribution in [0.1, 0.15) is 10.5 Å². The van der Waals surface area contributed by atoms with Gasteiger partial charge < -0.3 is 9.47 Å². The fraction of sp³-hybridized carbons (Fsp3) is 0.167. The van der Waals surface area contributed by atoms with Gasteiger partial charge in [-0.2, -0.15) is 0 Å². The highest BCUT2D eigenvalue weighted by molar-refractivity contribution is 9.11. The second kappa shape index (κ2) is 5.90. The highest BCUT2D eigenvalue weighted by Gasteiger charge is 2.20. The molecule has 100 valence electrons. The Morgan fingerprint density at radius 3 is 2.74 bits per heavy atom. The number of benzene rings is 1. The molecule has 19 heavy (non-hydrogen) atoms. The molecule has 0 aliphatic carbocycles. The first kappa shape index (κ1) is 14.3. The van der Waals surface area contributed by atoms with Crippen LogP contribution in [0.25, 0.3) is 10.4 Å². The Hall–Kier alpha value is -1.11. The van der Waals surface area contributed by atoms with Gasteiger partial charge in [0.15, 0.2) is 9.61 Å². The van der Waals surface area contributed by atoms with E-state index in [-0.39, 0.29) is 5.69 Å². The van der Waals surface area contributed by atoms with Gasteiger partial charge >= 0.3 is 5.97 Å². The average molecular weight is 363 g/mol. The molecule has 1 heterocycles. The molecule has 0 unspecified atom stereocenters. The molecule has 2 aromatic rings. The summed E-state index contributed by atoms with van der Waals surface area (Å²) >= 11 is 10.7. The number of esters is 1. The summed E-state index contributed by atoms with van der Waals surface area (Å²) in [7, 11) is 2.87. The molecule has 0 bridgehead atoms. The molecule has 0 saturated carbocycles. The summed E-state index contributed by atoms with van der Waals surface area (Å²) in [6, 6.07) is 5.29. The van der Waals surface area contributed by atoms with Crippen LogP contribution in [-0.4, -0.2) is 25.2 Å². The number of halogens is 2. The van der Waals surface area contributed by atoms with E-state index < -0.39 is 5.97 Å². The summed E-state index contributed by atoms with van der Waals surface area (Å²) in [4.78, 5) is 16.5. The summed E-state index contributed by atoms with van der Waals surface area (Å²) in [5.74, 6) is 0.0949. The number of aromatic nitrogens is 1. The minimum absolute atomic E-state index is 0.264. The van der Waals surface area contributed by atoms with E-state index in [2.05, 4.69) is 20.9 Å². The summed E-state index contributed by atoms with van der Waals surface area (Å²) in [5.41, 5.74) is 1.05. The molecule has 0 radical (unpaired) electrons. The SMILES string of the molecule is COC(=O)c1nc(Br)sc1-c1ccc(OC)c(Cl)c1. The van der Waals surface area contributed by atoms with E-state index in [0.29, 0.717) is 19.6 Å². The topological polar surface area (TPSA) is 48.4 Å². The molecule has 0 saturated heterocycles. The Bertz CT molecular complexity index is 629. The Labute approximate surface area is 127 Å². The zero-order valence-corrected chi connectivity index (χ0v) is 13.2. The number of hydrogen-bond donors (Lipinski definition) is 0. The lowest BCUT2D eigenvalue weighted by Gasteiger charge is -2.05. The number of thiazole rings is 1. The molecule has 0 atom stereocenters. The highest BCUT2D eigenvalue weighted by atomic mass is 79.9. The number of carbonyl (C=O) groups is 1. The maximum Gasteiger partial charge on any atom is 0.358 e. The van der Waals surface area contributed by atoms with Crippen molar-refractivity contribution in [2.45, 2.75) is 0 Å². The smallest absolute Gasteiger partial charge is 0.358 e. The monoisotopic (exact) mass is 361 g/mol. The van der Waals surface area contributed by atoms with Gasteiger partial charge in [0.05, 0.1) is 24.1 Å². The van der Waals surface area contributed by atoms with Crippen LogP contribution in [0.4, 0.5) is 0 Å². The summed E-state index contributed by atoms with van der Waals surface area (Å²) < 4.78 is 10.4. The van der Waals surface area contributed by atoms with Crippen LogP contribution in [0.3, 0.4) is 0 Å². The first-order valence-electron chi connectivity index (χ1n) is 5.15. The first-order valence-corrected chi connectivity index (χ1v) is 7.14. The van der Waals surface area contributed by atoms with E-state index in [1.165, 1.54) is 18.4 Å². The van der Waals surface area contributed by atoms with Crippen molar-refractivity contribution in [3.05, 3.63) is 32.8 Å². The molecule has 0 spiro atoms. The Balaban J connectivity index is 2.52. The predicted octanol–water partition coefficient (Wildman–Crippen LogP) is 4.02. The van der Waals surface area contributed by atoms with Gasteiger partial charge in [-0.3, -0.25) is 0 Å². The van der Waals surface area contributed by atoms with Gasteiger partial charge in [0.2, 0.25) is 0 Å². The van der Waals surface area contributed by atoms with Gasteiger partial charge in [0.1, 0.15) is 5.75 Å². The Morgan fingerprint density at radius 1 is 1.42 bits per heavy atom. The molecule has 0 amide bonds. The molecule has 1 aromatic carbocycles. The lowest BCUT2D eigenvalue weighted by molar-refractivity contribution is 0.0595. The first-order chi connectivity index (χ1) is 9.06. The van der Waals surface area contributed by atoms with E-state index in [1.807, 2.05) is 6.07 Å². The molecule has 0 aliphatic rings. The minimum atomic E-state index is -0.483. The summed E-state index contributed by atoms with van der Waals surface area (Å²) in [5, 5.41) is 0.473. The second-order valence-electron chi connectivity index (χ2n) is 3.49. The maximum absolute atomic E-state index is 11.7. The normalized spacial score (nSPS) is 10.3. The van der Waals surface area contributed by atoms with Crippen molar-refractivity contribution < 1.29 is 14.3 Å². The molecule has 7 heteroatoms. The van der Waals surface area contributed by atoms with E-state index in [9.17, 15) is 4.79 Å². The Morgan fingerprint density at radius 2 is 2.16 bits per heavy atom. The van der Waals surface area contributed by atoms with Crippen LogP contribution in [-0.2, 0) is 4.74 Å². The van der Waals surface area contributed by atoms with E-state index >= 15 is 0 Å². The third kappa shape index (κ3) is 2.91. The van der Waals surface area contributed by atoms with Gasteiger partial charge in [-0.05, 0) is 39.7 Å². The Kier molecular flexibility index (Phi) is 4.44. The quantitative estimate of drug-likeness (QED) is 0.774. The van der Waals surface area contributed by atoms with Crippen molar-refractivity contribution in [3.63, 3.8) is 0 Å². The van der Waals surface area contributed by atoms with Crippen molar-refractivity contribution in [2.24, 2.45) is 0 Å². The van der Waals surface area contributed by atoms with E-state index in [1.54, 1.807) is 19.2 Å². The van der Waals surface area contributed by atoms with E-state index in [4.69, 9.17) is 21.1 Å². The van der Waals surface area contributed by atoms with Gasteiger partial charge in [-0.25, -0.2) is 9.78 Å². The zero-order valence-electron chi connectivity index (χ0n) is 10.1. The van der Waals surface area contributed by atoms with Crippen molar-refractivity contribution in [3.8, 4) is 16.2 Å². The molecule has 1 aromatic heterocycles. The van der Waals surface area contributed by atoms with Crippen molar-refractivity contribution in [2.75, 3.05) is 14.2 Å². The largest absolute Gasteiger partial charge is 0.495 e. The molecular weight excluding hydrogens is 354 g/mol. The number of carbonyl (C=O) groups excluding carboxylic acids is 1. The molecular formula is C12H9BrClNO3S. The number of ether oxygens (including phenoxy) is 2.